The van der Waals surface area contributed by atoms with Gasteiger partial charge in [0, 0.05) is 25.4 Å². The maximum Gasteiger partial charge on any atom is 0.253 e. The second kappa shape index (κ2) is 8.59. The van der Waals surface area contributed by atoms with Crippen LogP contribution in [-0.2, 0) is 23.6 Å². The van der Waals surface area contributed by atoms with Gasteiger partial charge in [-0.25, -0.2) is 13.4 Å². The molecule has 0 bridgehead atoms. The van der Waals surface area contributed by atoms with Gasteiger partial charge in [0.05, 0.1) is 17.5 Å². The summed E-state index contributed by atoms with van der Waals surface area (Å²) in [6.07, 6.45) is 4.95. The number of aryl methyl sites for hydroxylation is 4. The van der Waals surface area contributed by atoms with E-state index < -0.39 is 10.0 Å². The second-order valence-corrected chi connectivity index (χ2v) is 9.01. The lowest BCUT2D eigenvalue weighted by Gasteiger charge is -2.12. The lowest BCUT2D eigenvalue weighted by molar-refractivity contribution is 0.607. The van der Waals surface area contributed by atoms with Crippen LogP contribution in [0, 0.1) is 13.8 Å². The van der Waals surface area contributed by atoms with Crippen LogP contribution in [0.1, 0.15) is 31.2 Å². The Hall–Kier alpha value is -2.32. The van der Waals surface area contributed by atoms with Gasteiger partial charge in [0.1, 0.15) is 11.3 Å². The van der Waals surface area contributed by atoms with Crippen LogP contribution in [0.5, 0.6) is 0 Å². The molecule has 9 heteroatoms. The average molecular weight is 439 g/mol. The number of fused-ring (bicyclic) bond motifs is 1. The van der Waals surface area contributed by atoms with Crippen molar-refractivity contribution < 1.29 is 8.42 Å². The van der Waals surface area contributed by atoms with Crippen LogP contribution in [0.3, 0.4) is 0 Å². The summed E-state index contributed by atoms with van der Waals surface area (Å²) < 4.78 is 30.1. The lowest BCUT2D eigenvalue weighted by Crippen LogP contribution is -2.18. The third-order valence-corrected chi connectivity index (χ3v) is 5.36. The van der Waals surface area contributed by atoms with E-state index in [1.807, 2.05) is 19.1 Å². The Morgan fingerprint density at radius 2 is 1.83 bits per heavy atom. The van der Waals surface area contributed by atoms with Crippen molar-refractivity contribution in [3.63, 3.8) is 0 Å². The highest BCUT2D eigenvalue weighted by atomic mass is 35.5. The monoisotopic (exact) mass is 438 g/mol. The molecule has 0 aliphatic heterocycles. The van der Waals surface area contributed by atoms with E-state index in [4.69, 9.17) is 0 Å². The Morgan fingerprint density at radius 1 is 1.14 bits per heavy atom. The molecule has 0 fully saturated rings. The Bertz CT molecular complexity index is 1190. The van der Waals surface area contributed by atoms with Gasteiger partial charge in [0.25, 0.3) is 5.56 Å². The summed E-state index contributed by atoms with van der Waals surface area (Å²) in [6.45, 7) is 6.64. The fourth-order valence-electron chi connectivity index (χ4n) is 3.42. The zero-order chi connectivity index (χ0) is 20.6. The third-order valence-electron chi connectivity index (χ3n) is 4.77. The molecule has 2 heterocycles. The number of aromatic nitrogens is 3. The fourth-order valence-corrected chi connectivity index (χ4v) is 3.97. The van der Waals surface area contributed by atoms with Crippen LogP contribution in [-0.4, -0.2) is 28.8 Å². The Kier molecular flexibility index (Phi) is 6.80. The molecular formula is C20H27ClN4O3S. The molecule has 3 aromatic rings. The van der Waals surface area contributed by atoms with E-state index in [2.05, 4.69) is 21.2 Å². The smallest absolute Gasteiger partial charge is 0.253 e. The number of benzene rings is 1. The highest BCUT2D eigenvalue weighted by molar-refractivity contribution is 7.92. The number of hydrogen-bond acceptors (Lipinski definition) is 4. The van der Waals surface area contributed by atoms with Crippen molar-refractivity contribution in [2.75, 3.05) is 11.0 Å². The number of unbranched alkanes of at least 4 members (excludes halogenated alkanes) is 1. The Morgan fingerprint density at radius 3 is 2.41 bits per heavy atom. The summed E-state index contributed by atoms with van der Waals surface area (Å²) in [4.78, 5) is 16.7. The molecule has 3 rings (SSSR count). The highest BCUT2D eigenvalue weighted by Gasteiger charge is 2.16. The number of nitrogens with one attached hydrogen (secondary N) is 1. The number of rotatable bonds is 6. The largest absolute Gasteiger partial charge is 0.328 e. The van der Waals surface area contributed by atoms with Gasteiger partial charge in [-0.1, -0.05) is 13.3 Å². The first kappa shape index (κ1) is 23.0. The van der Waals surface area contributed by atoms with Crippen LogP contribution in [0.2, 0.25) is 0 Å². The van der Waals surface area contributed by atoms with E-state index in [1.54, 1.807) is 26.2 Å². The molecule has 0 radical (unpaired) electrons. The van der Waals surface area contributed by atoms with Gasteiger partial charge < -0.3 is 9.13 Å². The van der Waals surface area contributed by atoms with Crippen LogP contribution in [0.25, 0.3) is 22.2 Å². The first-order chi connectivity index (χ1) is 13.1. The molecule has 0 aliphatic carbocycles. The maximum absolute atomic E-state index is 12.1. The number of imidazole rings is 1. The van der Waals surface area contributed by atoms with E-state index in [9.17, 15) is 13.2 Å². The van der Waals surface area contributed by atoms with Crippen molar-refractivity contribution in [3.05, 3.63) is 46.1 Å². The number of anilines is 1. The van der Waals surface area contributed by atoms with Crippen LogP contribution >= 0.6 is 12.4 Å². The fraction of sp³-hybridized carbons (Fsp3) is 0.400. The Labute approximate surface area is 177 Å². The number of halogens is 1. The van der Waals surface area contributed by atoms with E-state index in [0.29, 0.717) is 16.8 Å². The third kappa shape index (κ3) is 4.82. The molecular weight excluding hydrogens is 412 g/mol. The zero-order valence-electron chi connectivity index (χ0n) is 17.3. The van der Waals surface area contributed by atoms with Crippen LogP contribution in [0.4, 0.5) is 5.69 Å². The SMILES string of the molecule is CCCCn1c(C)nc2c(NS(C)(=O)=O)cc(-c3cc(C)c(=O)n(C)c3)cc21.Cl. The minimum atomic E-state index is -3.47. The number of pyridine rings is 1. The molecule has 7 nitrogen and oxygen atoms in total. The molecule has 158 valence electrons. The molecule has 0 aliphatic rings. The van der Waals surface area contributed by atoms with Gasteiger partial charge >= 0.3 is 0 Å². The number of nitrogens with zero attached hydrogens (tertiary/aromatic N) is 3. The topological polar surface area (TPSA) is 86.0 Å². The molecule has 0 saturated carbocycles. The minimum absolute atomic E-state index is 0. The van der Waals surface area contributed by atoms with Gasteiger partial charge in [0.2, 0.25) is 10.0 Å². The predicted octanol–water partition coefficient (Wildman–Crippen LogP) is 3.61. The molecule has 0 unspecified atom stereocenters. The molecule has 0 atom stereocenters. The number of hydrogen-bond donors (Lipinski definition) is 1. The summed E-state index contributed by atoms with van der Waals surface area (Å²) in [5.41, 5.74) is 4.20. The average Bonchev–Trinajstić information content (AvgIpc) is 2.91. The number of sulfonamides is 1. The highest BCUT2D eigenvalue weighted by Crippen LogP contribution is 2.32. The molecule has 1 aromatic carbocycles. The van der Waals surface area contributed by atoms with Crippen LogP contribution < -0.4 is 10.3 Å². The standard InChI is InChI=1S/C20H26N4O3S.ClH/c1-6-7-8-24-14(3)21-19-17(22-28(5,26)27)10-15(11-18(19)24)16-9-13(2)20(25)23(4)12-16;/h9-12,22H,6-8H2,1-5H3;1H. The second-order valence-electron chi connectivity index (χ2n) is 7.26. The van der Waals surface area contributed by atoms with E-state index in [0.717, 1.165) is 48.1 Å². The summed E-state index contributed by atoms with van der Waals surface area (Å²) in [5.74, 6) is 0.841. The zero-order valence-corrected chi connectivity index (χ0v) is 18.9. The van der Waals surface area contributed by atoms with Crippen LogP contribution in [0.15, 0.2) is 29.2 Å². The van der Waals surface area contributed by atoms with Crippen molar-refractivity contribution in [2.45, 2.75) is 40.2 Å². The molecule has 1 N–H and O–H groups in total. The maximum atomic E-state index is 12.1. The van der Waals surface area contributed by atoms with Gasteiger partial charge in [-0.3, -0.25) is 9.52 Å². The van der Waals surface area contributed by atoms with Gasteiger partial charge in [-0.15, -0.1) is 12.4 Å². The summed E-state index contributed by atoms with van der Waals surface area (Å²) >= 11 is 0. The molecule has 0 amide bonds. The summed E-state index contributed by atoms with van der Waals surface area (Å²) in [7, 11) is -1.75. The van der Waals surface area contributed by atoms with Gasteiger partial charge in [0.15, 0.2) is 0 Å². The van der Waals surface area contributed by atoms with E-state index >= 15 is 0 Å². The summed E-state index contributed by atoms with van der Waals surface area (Å²) in [6, 6.07) is 5.62. The molecule has 29 heavy (non-hydrogen) atoms. The quantitative estimate of drug-likeness (QED) is 0.636. The van der Waals surface area contributed by atoms with Gasteiger partial charge in [-0.2, -0.15) is 0 Å². The van der Waals surface area contributed by atoms with Crippen molar-refractivity contribution in [1.82, 2.24) is 14.1 Å². The molecule has 0 saturated heterocycles. The van der Waals surface area contributed by atoms with Crippen molar-refractivity contribution in [3.8, 4) is 11.1 Å². The first-order valence-electron chi connectivity index (χ1n) is 9.27. The minimum Gasteiger partial charge on any atom is -0.328 e. The lowest BCUT2D eigenvalue weighted by atomic mass is 10.0. The van der Waals surface area contributed by atoms with E-state index in [1.165, 1.54) is 4.57 Å². The predicted molar refractivity (Wildman–Crippen MR) is 121 cm³/mol. The van der Waals surface area contributed by atoms with Crippen molar-refractivity contribution in [1.29, 1.82) is 0 Å². The van der Waals surface area contributed by atoms with E-state index in [-0.39, 0.29) is 18.0 Å². The van der Waals surface area contributed by atoms with Crippen molar-refractivity contribution >= 4 is 39.2 Å². The molecule has 0 spiro atoms. The van der Waals surface area contributed by atoms with Crippen molar-refractivity contribution in [2.24, 2.45) is 7.05 Å². The Balaban J connectivity index is 0.00000300. The first-order valence-corrected chi connectivity index (χ1v) is 11.2. The normalized spacial score (nSPS) is 11.5. The van der Waals surface area contributed by atoms with Gasteiger partial charge in [-0.05, 0) is 49.6 Å². The molecule has 2 aromatic heterocycles. The summed E-state index contributed by atoms with van der Waals surface area (Å²) in [5, 5.41) is 0.